The van der Waals surface area contributed by atoms with Crippen molar-refractivity contribution in [2.24, 2.45) is 5.41 Å². The third-order valence-electron chi connectivity index (χ3n) is 7.90. The summed E-state index contributed by atoms with van der Waals surface area (Å²) in [6.07, 6.45) is 5.59. The zero-order valence-corrected chi connectivity index (χ0v) is 24.2. The molecule has 2 aromatic rings. The second-order valence-corrected chi connectivity index (χ2v) is 12.4. The quantitative estimate of drug-likeness (QED) is 0.517. The lowest BCUT2D eigenvalue weighted by atomic mass is 9.91. The summed E-state index contributed by atoms with van der Waals surface area (Å²) in [4.78, 5) is 51.6. The van der Waals surface area contributed by atoms with Crippen molar-refractivity contribution in [2.45, 2.75) is 77.3 Å². The SMILES string of the molecule is CC(C)(C)CC(=O)N[C@@H]1CC[C@H]2CCOc3ccccc3C(=O)N3CCN(Cc4ncc[nH]4)C[C@H]3C(=O)NC[C@H]1O2. The fourth-order valence-electron chi connectivity index (χ4n) is 5.86. The lowest BCUT2D eigenvalue weighted by Gasteiger charge is -2.41. The van der Waals surface area contributed by atoms with E-state index in [-0.39, 0.29) is 47.9 Å². The molecule has 0 radical (unpaired) electrons. The number of piperazine rings is 1. The van der Waals surface area contributed by atoms with Crippen molar-refractivity contribution >= 4 is 17.7 Å². The number of ether oxygens (including phenoxy) is 2. The van der Waals surface area contributed by atoms with Gasteiger partial charge >= 0.3 is 0 Å². The molecule has 3 N–H and O–H groups in total. The molecule has 2 saturated heterocycles. The van der Waals surface area contributed by atoms with Gasteiger partial charge in [-0.2, -0.15) is 0 Å². The van der Waals surface area contributed by atoms with Crippen molar-refractivity contribution in [2.75, 3.05) is 32.8 Å². The Morgan fingerprint density at radius 2 is 1.98 bits per heavy atom. The average molecular weight is 567 g/mol. The summed E-state index contributed by atoms with van der Waals surface area (Å²) in [7, 11) is 0. The topological polar surface area (TPSA) is 129 Å². The van der Waals surface area contributed by atoms with Crippen molar-refractivity contribution in [3.8, 4) is 5.75 Å². The number of imidazole rings is 1. The maximum atomic E-state index is 13.9. The van der Waals surface area contributed by atoms with Crippen LogP contribution in [-0.2, 0) is 20.9 Å². The number of aromatic nitrogens is 2. The molecule has 2 bridgehead atoms. The molecule has 11 nitrogen and oxygen atoms in total. The summed E-state index contributed by atoms with van der Waals surface area (Å²) in [5.41, 5.74) is 0.317. The standard InChI is InChI=1S/C30H42N6O5/c1-30(2,3)16-27(37)34-22-9-8-20-10-15-40-24-7-5-4-6-21(24)29(39)36-14-13-35(19-26-31-11-12-32-26)18-23(36)28(38)33-17-25(22)41-20/h4-7,11-12,20,22-23,25H,8-10,13-19H2,1-3H3,(H,31,32)(H,33,38)(H,34,37)/t20-,22+,23-,25+/m0/s1. The largest absolute Gasteiger partial charge is 0.493 e. The summed E-state index contributed by atoms with van der Waals surface area (Å²) >= 11 is 0. The normalized spacial score (nSPS) is 26.2. The molecule has 222 valence electrons. The van der Waals surface area contributed by atoms with Gasteiger partial charge in [0.1, 0.15) is 17.6 Å². The molecule has 2 fully saturated rings. The number of amides is 3. The van der Waals surface area contributed by atoms with Crippen molar-refractivity contribution in [1.29, 1.82) is 0 Å². The maximum absolute atomic E-state index is 13.9. The number of hydrogen-bond acceptors (Lipinski definition) is 7. The first-order valence-corrected chi connectivity index (χ1v) is 14.6. The van der Waals surface area contributed by atoms with Gasteiger partial charge in [-0.1, -0.05) is 32.9 Å². The Hall–Kier alpha value is -3.44. The molecule has 1 aromatic carbocycles. The van der Waals surface area contributed by atoms with E-state index < -0.39 is 6.04 Å². The van der Waals surface area contributed by atoms with E-state index in [1.807, 2.05) is 32.9 Å². The van der Waals surface area contributed by atoms with Crippen LogP contribution >= 0.6 is 0 Å². The number of fused-ring (bicyclic) bond motifs is 4. The second kappa shape index (κ2) is 12.6. The zero-order valence-electron chi connectivity index (χ0n) is 24.2. The summed E-state index contributed by atoms with van der Waals surface area (Å²) in [5.74, 6) is 0.822. The van der Waals surface area contributed by atoms with Gasteiger partial charge in [0, 0.05) is 51.4 Å². The molecule has 3 aliphatic rings. The van der Waals surface area contributed by atoms with Gasteiger partial charge in [0.25, 0.3) is 5.91 Å². The van der Waals surface area contributed by atoms with Gasteiger partial charge < -0.3 is 30.0 Å². The van der Waals surface area contributed by atoms with Gasteiger partial charge in [-0.05, 0) is 30.4 Å². The highest BCUT2D eigenvalue weighted by molar-refractivity contribution is 6.00. The summed E-state index contributed by atoms with van der Waals surface area (Å²) in [6.45, 7) is 8.65. The Balaban J connectivity index is 1.37. The van der Waals surface area contributed by atoms with Crippen molar-refractivity contribution < 1.29 is 23.9 Å². The van der Waals surface area contributed by atoms with Crippen molar-refractivity contribution in [3.05, 3.63) is 48.0 Å². The molecule has 0 unspecified atom stereocenters. The minimum absolute atomic E-state index is 0.0205. The summed E-state index contributed by atoms with van der Waals surface area (Å²) < 4.78 is 12.6. The molecular formula is C30H42N6O5. The first-order chi connectivity index (χ1) is 19.7. The number of nitrogens with one attached hydrogen (secondary N) is 3. The highest BCUT2D eigenvalue weighted by atomic mass is 16.5. The van der Waals surface area contributed by atoms with E-state index in [9.17, 15) is 14.4 Å². The Bertz CT molecular complexity index is 1210. The third kappa shape index (κ3) is 7.45. The van der Waals surface area contributed by atoms with Gasteiger partial charge in [-0.25, -0.2) is 4.98 Å². The van der Waals surface area contributed by atoms with Crippen LogP contribution in [0.15, 0.2) is 36.7 Å². The van der Waals surface area contributed by atoms with Crippen LogP contribution < -0.4 is 15.4 Å². The van der Waals surface area contributed by atoms with Gasteiger partial charge in [-0.15, -0.1) is 0 Å². The maximum Gasteiger partial charge on any atom is 0.258 e. The predicted octanol–water partition coefficient (Wildman–Crippen LogP) is 2.10. The molecule has 1 aromatic heterocycles. The van der Waals surface area contributed by atoms with Crippen LogP contribution in [0.5, 0.6) is 5.75 Å². The first kappa shape index (κ1) is 29.1. The first-order valence-electron chi connectivity index (χ1n) is 14.6. The number of benzene rings is 1. The van der Waals surface area contributed by atoms with E-state index in [0.717, 1.165) is 18.7 Å². The third-order valence-corrected chi connectivity index (χ3v) is 7.90. The number of carbonyl (C=O) groups is 3. The van der Waals surface area contributed by atoms with E-state index in [1.54, 1.807) is 29.4 Å². The molecule has 3 aliphatic heterocycles. The Kier molecular flexibility index (Phi) is 8.94. The Morgan fingerprint density at radius 3 is 2.76 bits per heavy atom. The van der Waals surface area contributed by atoms with Gasteiger partial charge in [-0.3, -0.25) is 19.3 Å². The number of carbonyl (C=O) groups excluding carboxylic acids is 3. The molecule has 4 atom stereocenters. The van der Waals surface area contributed by atoms with Crippen LogP contribution in [-0.4, -0.2) is 94.6 Å². The minimum Gasteiger partial charge on any atom is -0.493 e. The second-order valence-electron chi connectivity index (χ2n) is 12.4. The lowest BCUT2D eigenvalue weighted by molar-refractivity contribution is -0.131. The van der Waals surface area contributed by atoms with Gasteiger partial charge in [0.2, 0.25) is 11.8 Å². The summed E-state index contributed by atoms with van der Waals surface area (Å²) in [6, 6.07) is 6.29. The number of nitrogens with zero attached hydrogens (tertiary/aromatic N) is 3. The number of H-pyrrole nitrogens is 1. The molecule has 41 heavy (non-hydrogen) atoms. The van der Waals surface area contributed by atoms with E-state index in [0.29, 0.717) is 56.9 Å². The average Bonchev–Trinajstić information content (AvgIpc) is 3.44. The molecule has 4 heterocycles. The lowest BCUT2D eigenvalue weighted by Crippen LogP contribution is -2.62. The number of hydrogen-bond donors (Lipinski definition) is 3. The monoisotopic (exact) mass is 566 g/mol. The highest BCUT2D eigenvalue weighted by Crippen LogP contribution is 2.27. The van der Waals surface area contributed by atoms with Crippen LogP contribution in [0.2, 0.25) is 0 Å². The van der Waals surface area contributed by atoms with Crippen LogP contribution in [0.1, 0.15) is 62.6 Å². The highest BCUT2D eigenvalue weighted by Gasteiger charge is 2.39. The summed E-state index contributed by atoms with van der Waals surface area (Å²) in [5, 5.41) is 6.23. The minimum atomic E-state index is -0.712. The zero-order chi connectivity index (χ0) is 29.0. The number of rotatable bonds is 4. The van der Waals surface area contributed by atoms with Crippen LogP contribution in [0.25, 0.3) is 0 Å². The van der Waals surface area contributed by atoms with E-state index >= 15 is 0 Å². The van der Waals surface area contributed by atoms with Crippen molar-refractivity contribution in [3.63, 3.8) is 0 Å². The predicted molar refractivity (Wildman–Crippen MR) is 152 cm³/mol. The van der Waals surface area contributed by atoms with E-state index in [2.05, 4.69) is 25.5 Å². The van der Waals surface area contributed by atoms with E-state index in [1.165, 1.54) is 0 Å². The fraction of sp³-hybridized carbons (Fsp3) is 0.600. The Labute approximate surface area is 241 Å². The molecule has 5 rings (SSSR count). The van der Waals surface area contributed by atoms with Crippen LogP contribution in [0.3, 0.4) is 0 Å². The number of para-hydroxylation sites is 1. The fourth-order valence-corrected chi connectivity index (χ4v) is 5.86. The van der Waals surface area contributed by atoms with Gasteiger partial charge in [0.05, 0.1) is 37.0 Å². The van der Waals surface area contributed by atoms with Gasteiger partial charge in [0.15, 0.2) is 0 Å². The van der Waals surface area contributed by atoms with Crippen LogP contribution in [0.4, 0.5) is 0 Å². The number of aromatic amines is 1. The van der Waals surface area contributed by atoms with Crippen molar-refractivity contribution in [1.82, 2.24) is 30.4 Å². The molecule has 0 spiro atoms. The molecular weight excluding hydrogens is 524 g/mol. The van der Waals surface area contributed by atoms with Crippen LogP contribution in [0, 0.1) is 5.41 Å². The molecule has 0 aliphatic carbocycles. The van der Waals surface area contributed by atoms with E-state index in [4.69, 9.17) is 9.47 Å². The molecule has 3 amide bonds. The molecule has 11 heteroatoms. The Morgan fingerprint density at radius 1 is 1.15 bits per heavy atom. The smallest absolute Gasteiger partial charge is 0.258 e. The molecule has 0 saturated carbocycles.